The Morgan fingerprint density at radius 2 is 1.97 bits per heavy atom. The smallest absolute Gasteiger partial charge is 0.255 e. The minimum atomic E-state index is -0.623. The number of thioether (sulfide) groups is 1. The number of nitriles is 1. The topological polar surface area (TPSA) is 78.8 Å². The van der Waals surface area contributed by atoms with Crippen molar-refractivity contribution < 1.29 is 4.74 Å². The zero-order valence-corrected chi connectivity index (χ0v) is 19.4. The number of halogens is 1. The number of rotatable bonds is 7. The van der Waals surface area contributed by atoms with Crippen LogP contribution in [0.25, 0.3) is 0 Å². The van der Waals surface area contributed by atoms with Crippen LogP contribution in [0.3, 0.4) is 0 Å². The molecule has 5 nitrogen and oxygen atoms in total. The van der Waals surface area contributed by atoms with Crippen molar-refractivity contribution in [1.29, 1.82) is 5.26 Å². The summed E-state index contributed by atoms with van der Waals surface area (Å²) in [6.45, 7) is 3.88. The van der Waals surface area contributed by atoms with E-state index < -0.39 is 5.92 Å². The Bertz CT molecular complexity index is 1120. The Kier molecular flexibility index (Phi) is 7.35. The van der Waals surface area contributed by atoms with E-state index in [1.807, 2.05) is 62.4 Å². The molecule has 0 amide bonds. The summed E-state index contributed by atoms with van der Waals surface area (Å²) in [7, 11) is 1.63. The number of benzene rings is 2. The van der Waals surface area contributed by atoms with E-state index in [1.165, 1.54) is 11.8 Å². The molecule has 3 rings (SSSR count). The maximum absolute atomic E-state index is 12.9. The van der Waals surface area contributed by atoms with Crippen LogP contribution in [0.4, 0.5) is 0 Å². The summed E-state index contributed by atoms with van der Waals surface area (Å²) in [6, 6.07) is 17.7. The maximum atomic E-state index is 12.9. The van der Waals surface area contributed by atoms with Gasteiger partial charge in [0.15, 0.2) is 5.16 Å². The molecular weight excluding hydrogens is 462 g/mol. The standard InChI is InChI=1S/C23H22BrN3O2S/c1-14(2)20-21(19(12-25)16-5-4-6-17(24)11-16)26-23(27-22(20)28)30-13-15-7-9-18(29-3)10-8-15/h4-11,14,19H,13H2,1-3H3,(H,26,27,28). The van der Waals surface area contributed by atoms with Gasteiger partial charge in [0.05, 0.1) is 18.9 Å². The molecule has 0 saturated heterocycles. The van der Waals surface area contributed by atoms with Crippen molar-refractivity contribution in [2.24, 2.45) is 0 Å². The van der Waals surface area contributed by atoms with Gasteiger partial charge in [0.25, 0.3) is 5.56 Å². The molecule has 30 heavy (non-hydrogen) atoms. The van der Waals surface area contributed by atoms with E-state index in [0.717, 1.165) is 21.3 Å². The number of ether oxygens (including phenoxy) is 1. The van der Waals surface area contributed by atoms with Crippen molar-refractivity contribution in [2.45, 2.75) is 36.6 Å². The van der Waals surface area contributed by atoms with Crippen LogP contribution in [0.1, 0.15) is 48.1 Å². The highest BCUT2D eigenvalue weighted by Gasteiger charge is 2.24. The summed E-state index contributed by atoms with van der Waals surface area (Å²) in [5, 5.41) is 10.4. The van der Waals surface area contributed by atoms with Gasteiger partial charge in [-0.15, -0.1) is 0 Å². The van der Waals surface area contributed by atoms with Crippen LogP contribution in [-0.2, 0) is 5.75 Å². The predicted octanol–water partition coefficient (Wildman–Crippen LogP) is 5.61. The van der Waals surface area contributed by atoms with Crippen LogP contribution < -0.4 is 10.3 Å². The first kappa shape index (κ1) is 22.1. The molecule has 1 heterocycles. The quantitative estimate of drug-likeness (QED) is 0.348. The highest BCUT2D eigenvalue weighted by Crippen LogP contribution is 2.30. The fraction of sp³-hybridized carbons (Fsp3) is 0.261. The Balaban J connectivity index is 1.97. The summed E-state index contributed by atoms with van der Waals surface area (Å²) in [4.78, 5) is 20.5. The average Bonchev–Trinajstić information content (AvgIpc) is 2.72. The van der Waals surface area contributed by atoms with Crippen molar-refractivity contribution in [1.82, 2.24) is 9.97 Å². The fourth-order valence-corrected chi connectivity index (χ4v) is 4.42. The minimum absolute atomic E-state index is 0.0557. The Morgan fingerprint density at radius 3 is 2.57 bits per heavy atom. The third-order valence-corrected chi connectivity index (χ3v) is 6.10. The number of nitrogens with one attached hydrogen (secondary N) is 1. The van der Waals surface area contributed by atoms with Gasteiger partial charge in [-0.25, -0.2) is 4.98 Å². The monoisotopic (exact) mass is 483 g/mol. The van der Waals surface area contributed by atoms with Crippen molar-refractivity contribution >= 4 is 27.7 Å². The van der Waals surface area contributed by atoms with Crippen molar-refractivity contribution in [3.63, 3.8) is 0 Å². The number of hydrogen-bond acceptors (Lipinski definition) is 5. The average molecular weight is 484 g/mol. The van der Waals surface area contributed by atoms with Gasteiger partial charge in [-0.1, -0.05) is 65.8 Å². The molecular formula is C23H22BrN3O2S. The summed E-state index contributed by atoms with van der Waals surface area (Å²) in [6.07, 6.45) is 0. The van der Waals surface area contributed by atoms with Crippen molar-refractivity contribution in [3.8, 4) is 11.8 Å². The third-order valence-electron chi connectivity index (χ3n) is 4.66. The normalized spacial score (nSPS) is 11.9. The molecule has 2 aromatic carbocycles. The molecule has 154 valence electrons. The lowest BCUT2D eigenvalue weighted by molar-refractivity contribution is 0.414. The van der Waals surface area contributed by atoms with Gasteiger partial charge in [-0.2, -0.15) is 5.26 Å². The summed E-state index contributed by atoms with van der Waals surface area (Å²) in [5.74, 6) is 0.758. The van der Waals surface area contributed by atoms with E-state index in [1.54, 1.807) is 7.11 Å². The molecule has 0 saturated carbocycles. The highest BCUT2D eigenvalue weighted by molar-refractivity contribution is 9.10. The SMILES string of the molecule is COc1ccc(CSc2nc(C(C#N)c3cccc(Br)c3)c(C(C)C)c(=O)[nH]2)cc1. The summed E-state index contributed by atoms with van der Waals surface area (Å²) < 4.78 is 6.07. The molecule has 0 bridgehead atoms. The molecule has 3 aromatic rings. The minimum Gasteiger partial charge on any atom is -0.497 e. The molecule has 0 aliphatic heterocycles. The van der Waals surface area contributed by atoms with E-state index in [0.29, 0.717) is 22.2 Å². The molecule has 0 aliphatic carbocycles. The molecule has 0 radical (unpaired) electrons. The van der Waals surface area contributed by atoms with Crippen LogP contribution in [0.15, 0.2) is 63.0 Å². The van der Waals surface area contributed by atoms with Crippen LogP contribution >= 0.6 is 27.7 Å². The van der Waals surface area contributed by atoms with E-state index in [9.17, 15) is 10.1 Å². The van der Waals surface area contributed by atoms with Gasteiger partial charge in [0.1, 0.15) is 11.7 Å². The number of nitrogens with zero attached hydrogens (tertiary/aromatic N) is 2. The fourth-order valence-electron chi connectivity index (χ4n) is 3.18. The lowest BCUT2D eigenvalue weighted by Crippen LogP contribution is -2.22. The number of methoxy groups -OCH3 is 1. The maximum Gasteiger partial charge on any atom is 0.255 e. The zero-order valence-electron chi connectivity index (χ0n) is 17.0. The molecule has 0 aliphatic rings. The number of H-pyrrole nitrogens is 1. The highest BCUT2D eigenvalue weighted by atomic mass is 79.9. The third kappa shape index (κ3) is 5.13. The van der Waals surface area contributed by atoms with Gasteiger partial charge in [-0.05, 0) is 41.3 Å². The largest absolute Gasteiger partial charge is 0.497 e. The molecule has 1 aromatic heterocycles. The van der Waals surface area contributed by atoms with E-state index in [4.69, 9.17) is 9.72 Å². The van der Waals surface area contributed by atoms with Crippen LogP contribution in [0.2, 0.25) is 0 Å². The first-order chi connectivity index (χ1) is 14.4. The molecule has 1 unspecified atom stereocenters. The zero-order chi connectivity index (χ0) is 21.7. The molecule has 7 heteroatoms. The first-order valence-electron chi connectivity index (χ1n) is 9.47. The van der Waals surface area contributed by atoms with Crippen molar-refractivity contribution in [2.75, 3.05) is 7.11 Å². The van der Waals surface area contributed by atoms with Gasteiger partial charge in [-0.3, -0.25) is 4.79 Å². The van der Waals surface area contributed by atoms with Gasteiger partial charge in [0.2, 0.25) is 0 Å². The van der Waals surface area contributed by atoms with Gasteiger partial charge in [0, 0.05) is 15.8 Å². The lowest BCUT2D eigenvalue weighted by atomic mass is 9.90. The Hall–Kier alpha value is -2.56. The summed E-state index contributed by atoms with van der Waals surface area (Å²) in [5.41, 5.74) is 2.77. The predicted molar refractivity (Wildman–Crippen MR) is 123 cm³/mol. The molecule has 0 fully saturated rings. The first-order valence-corrected chi connectivity index (χ1v) is 11.3. The van der Waals surface area contributed by atoms with Crippen LogP contribution in [0, 0.1) is 11.3 Å². The van der Waals surface area contributed by atoms with Crippen LogP contribution in [0.5, 0.6) is 5.75 Å². The molecule has 1 atom stereocenters. The van der Waals surface area contributed by atoms with Gasteiger partial charge >= 0.3 is 0 Å². The van der Waals surface area contributed by atoms with Crippen molar-refractivity contribution in [3.05, 3.63) is 85.7 Å². The molecule has 0 spiro atoms. The van der Waals surface area contributed by atoms with Gasteiger partial charge < -0.3 is 9.72 Å². The van der Waals surface area contributed by atoms with E-state index in [-0.39, 0.29) is 11.5 Å². The Morgan fingerprint density at radius 1 is 1.23 bits per heavy atom. The summed E-state index contributed by atoms with van der Waals surface area (Å²) >= 11 is 4.89. The van der Waals surface area contributed by atoms with Crippen LogP contribution in [-0.4, -0.2) is 17.1 Å². The second-order valence-electron chi connectivity index (χ2n) is 7.08. The number of aromatic amines is 1. The second-order valence-corrected chi connectivity index (χ2v) is 8.96. The Labute approximate surface area is 188 Å². The van der Waals surface area contributed by atoms with E-state index >= 15 is 0 Å². The number of aromatic nitrogens is 2. The van der Waals surface area contributed by atoms with E-state index in [2.05, 4.69) is 27.0 Å². The molecule has 1 N–H and O–H groups in total. The lowest BCUT2D eigenvalue weighted by Gasteiger charge is -2.17. The second kappa shape index (κ2) is 9.96. The number of hydrogen-bond donors (Lipinski definition) is 1.